The Hall–Kier alpha value is -3.88. The molecule has 5 rings (SSSR count). The summed E-state index contributed by atoms with van der Waals surface area (Å²) in [5, 5.41) is 7.48. The molecule has 0 unspecified atom stereocenters. The van der Waals surface area contributed by atoms with Crippen LogP contribution in [0.3, 0.4) is 0 Å². The van der Waals surface area contributed by atoms with Crippen LogP contribution in [0.2, 0.25) is 5.02 Å². The fourth-order valence-corrected chi connectivity index (χ4v) is 4.36. The molecule has 1 aliphatic rings. The van der Waals surface area contributed by atoms with Gasteiger partial charge in [-0.25, -0.2) is 9.97 Å². The number of benzene rings is 2. The third-order valence-electron chi connectivity index (χ3n) is 5.94. The predicted octanol–water partition coefficient (Wildman–Crippen LogP) is 4.99. The summed E-state index contributed by atoms with van der Waals surface area (Å²) in [5.41, 5.74) is 5.17. The van der Waals surface area contributed by atoms with Crippen molar-refractivity contribution in [3.05, 3.63) is 72.5 Å². The summed E-state index contributed by atoms with van der Waals surface area (Å²) in [5.74, 6) is 0.196. The zero-order chi connectivity index (χ0) is 24.4. The summed E-state index contributed by atoms with van der Waals surface area (Å²) in [4.78, 5) is 23.1. The number of aryl methyl sites for hydroxylation is 1. The van der Waals surface area contributed by atoms with Gasteiger partial charge in [0.05, 0.1) is 35.6 Å². The topological polar surface area (TPSA) is 84.3 Å². The van der Waals surface area contributed by atoms with Gasteiger partial charge in [0, 0.05) is 54.3 Å². The number of fused-ring (bicyclic) bond motifs is 1. The third kappa shape index (κ3) is 4.84. The molecule has 1 amide bonds. The number of morpholine rings is 1. The molecule has 0 spiro atoms. The number of hydrogen-bond acceptors (Lipinski definition) is 6. The van der Waals surface area contributed by atoms with Crippen LogP contribution in [0.15, 0.2) is 67.5 Å². The predicted molar refractivity (Wildman–Crippen MR) is 141 cm³/mol. The molecule has 35 heavy (non-hydrogen) atoms. The number of hydrogen-bond donors (Lipinski definition) is 2. The van der Waals surface area contributed by atoms with Crippen molar-refractivity contribution in [1.82, 2.24) is 14.5 Å². The first-order chi connectivity index (χ1) is 17.0. The molecule has 0 aliphatic carbocycles. The van der Waals surface area contributed by atoms with E-state index in [1.807, 2.05) is 48.1 Å². The van der Waals surface area contributed by atoms with Gasteiger partial charge in [-0.2, -0.15) is 0 Å². The largest absolute Gasteiger partial charge is 0.378 e. The van der Waals surface area contributed by atoms with Crippen LogP contribution in [0, 0.1) is 0 Å². The van der Waals surface area contributed by atoms with Crippen LogP contribution in [0.5, 0.6) is 0 Å². The lowest BCUT2D eigenvalue weighted by molar-refractivity contribution is -0.111. The minimum atomic E-state index is -0.258. The van der Waals surface area contributed by atoms with Gasteiger partial charge in [0.2, 0.25) is 11.9 Å². The number of aromatic nitrogens is 3. The third-order valence-corrected chi connectivity index (χ3v) is 6.22. The molecule has 8 nitrogen and oxygen atoms in total. The lowest BCUT2D eigenvalue weighted by Gasteiger charge is -2.28. The highest BCUT2D eigenvalue weighted by Crippen LogP contribution is 2.35. The number of carbonyl (C=O) groups is 1. The molecule has 1 aliphatic heterocycles. The van der Waals surface area contributed by atoms with E-state index in [1.165, 1.54) is 6.08 Å². The highest BCUT2D eigenvalue weighted by molar-refractivity contribution is 6.33. The monoisotopic (exact) mass is 488 g/mol. The van der Waals surface area contributed by atoms with E-state index in [0.29, 0.717) is 22.4 Å². The standard InChI is InChI=1S/C26H25ClN6O2/c1-3-24(34)29-18-6-9-20-21(16-32(2)23(20)14-18)25-22(27)15-28-26(31-25)30-17-4-7-19(8-5-17)33-10-12-35-13-11-33/h3-9,14-16H,1,10-13H2,2H3,(H,29,34)(H,28,30,31). The molecule has 0 saturated carbocycles. The summed E-state index contributed by atoms with van der Waals surface area (Å²) in [6.45, 7) is 6.78. The Morgan fingerprint density at radius 2 is 1.89 bits per heavy atom. The Morgan fingerprint density at radius 1 is 1.14 bits per heavy atom. The van der Waals surface area contributed by atoms with Crippen molar-refractivity contribution < 1.29 is 9.53 Å². The molecule has 1 saturated heterocycles. The van der Waals surface area contributed by atoms with Crippen molar-refractivity contribution in [1.29, 1.82) is 0 Å². The number of rotatable bonds is 6. The molecule has 0 radical (unpaired) electrons. The lowest BCUT2D eigenvalue weighted by Crippen LogP contribution is -2.36. The maximum absolute atomic E-state index is 11.7. The van der Waals surface area contributed by atoms with Gasteiger partial charge in [0.25, 0.3) is 0 Å². The van der Waals surface area contributed by atoms with Gasteiger partial charge in [-0.05, 0) is 42.5 Å². The molecule has 9 heteroatoms. The van der Waals surface area contributed by atoms with Crippen molar-refractivity contribution in [2.75, 3.05) is 41.8 Å². The van der Waals surface area contributed by atoms with E-state index < -0.39 is 0 Å². The smallest absolute Gasteiger partial charge is 0.247 e. The Balaban J connectivity index is 1.41. The van der Waals surface area contributed by atoms with E-state index in [4.69, 9.17) is 21.3 Å². The SMILES string of the molecule is C=CC(=O)Nc1ccc2c(-c3nc(Nc4ccc(N5CCOCC5)cc4)ncc3Cl)cn(C)c2c1. The molecule has 3 heterocycles. The molecule has 2 N–H and O–H groups in total. The summed E-state index contributed by atoms with van der Waals surface area (Å²) >= 11 is 6.52. The molecule has 1 fully saturated rings. The molecule has 2 aromatic heterocycles. The van der Waals surface area contributed by atoms with Crippen molar-refractivity contribution in [2.24, 2.45) is 7.05 Å². The van der Waals surface area contributed by atoms with Crippen molar-refractivity contribution in [3.63, 3.8) is 0 Å². The van der Waals surface area contributed by atoms with Gasteiger partial charge in [-0.3, -0.25) is 4.79 Å². The maximum Gasteiger partial charge on any atom is 0.247 e. The van der Waals surface area contributed by atoms with Crippen LogP contribution in [0.1, 0.15) is 0 Å². The highest BCUT2D eigenvalue weighted by Gasteiger charge is 2.16. The van der Waals surface area contributed by atoms with Crippen LogP contribution in [0.25, 0.3) is 22.2 Å². The number of amides is 1. The molecule has 2 aromatic carbocycles. The molecule has 4 aromatic rings. The zero-order valence-electron chi connectivity index (χ0n) is 19.3. The molecular weight excluding hydrogens is 464 g/mol. The normalized spacial score (nSPS) is 13.6. The Bertz CT molecular complexity index is 1390. The number of carbonyl (C=O) groups excluding carboxylic acids is 1. The second-order valence-corrected chi connectivity index (χ2v) is 8.65. The molecular formula is C26H25ClN6O2. The highest BCUT2D eigenvalue weighted by atomic mass is 35.5. The summed E-state index contributed by atoms with van der Waals surface area (Å²) in [7, 11) is 1.94. The van der Waals surface area contributed by atoms with Crippen LogP contribution < -0.4 is 15.5 Å². The van der Waals surface area contributed by atoms with E-state index in [1.54, 1.807) is 6.20 Å². The Kier molecular flexibility index (Phi) is 6.39. The number of nitrogens with one attached hydrogen (secondary N) is 2. The lowest BCUT2D eigenvalue weighted by atomic mass is 10.1. The Labute approximate surface area is 208 Å². The number of ether oxygens (including phenoxy) is 1. The first-order valence-corrected chi connectivity index (χ1v) is 11.6. The fraction of sp³-hybridized carbons (Fsp3) is 0.192. The molecule has 0 bridgehead atoms. The van der Waals surface area contributed by atoms with Gasteiger partial charge < -0.3 is 24.8 Å². The van der Waals surface area contributed by atoms with Gasteiger partial charge in [0.15, 0.2) is 0 Å². The van der Waals surface area contributed by atoms with Crippen molar-refractivity contribution >= 4 is 51.4 Å². The van der Waals surface area contributed by atoms with Gasteiger partial charge >= 0.3 is 0 Å². The van der Waals surface area contributed by atoms with Crippen LogP contribution >= 0.6 is 11.6 Å². The van der Waals surface area contributed by atoms with Crippen molar-refractivity contribution in [2.45, 2.75) is 0 Å². The van der Waals surface area contributed by atoms with Crippen molar-refractivity contribution in [3.8, 4) is 11.3 Å². The fourth-order valence-electron chi connectivity index (χ4n) is 4.17. The summed E-state index contributed by atoms with van der Waals surface area (Å²) in [6, 6.07) is 13.9. The van der Waals surface area contributed by atoms with E-state index in [-0.39, 0.29) is 5.91 Å². The average molecular weight is 489 g/mol. The average Bonchev–Trinajstić information content (AvgIpc) is 3.21. The van der Waals surface area contributed by atoms with E-state index in [2.05, 4.69) is 39.2 Å². The van der Waals surface area contributed by atoms with Crippen LogP contribution in [-0.4, -0.2) is 46.7 Å². The van der Waals surface area contributed by atoms with Crippen LogP contribution in [-0.2, 0) is 16.6 Å². The van der Waals surface area contributed by atoms with E-state index >= 15 is 0 Å². The number of anilines is 4. The second-order valence-electron chi connectivity index (χ2n) is 8.24. The first kappa shape index (κ1) is 22.9. The summed E-state index contributed by atoms with van der Waals surface area (Å²) in [6.07, 6.45) is 4.82. The summed E-state index contributed by atoms with van der Waals surface area (Å²) < 4.78 is 7.41. The van der Waals surface area contributed by atoms with Gasteiger partial charge in [-0.1, -0.05) is 24.2 Å². The molecule has 178 valence electrons. The molecule has 0 atom stereocenters. The van der Waals surface area contributed by atoms with Gasteiger partial charge in [-0.15, -0.1) is 0 Å². The number of nitrogens with zero attached hydrogens (tertiary/aromatic N) is 4. The quantitative estimate of drug-likeness (QED) is 0.372. The first-order valence-electron chi connectivity index (χ1n) is 11.3. The van der Waals surface area contributed by atoms with Gasteiger partial charge in [0.1, 0.15) is 0 Å². The maximum atomic E-state index is 11.7. The van der Waals surface area contributed by atoms with E-state index in [0.717, 1.165) is 54.1 Å². The zero-order valence-corrected chi connectivity index (χ0v) is 20.0. The minimum absolute atomic E-state index is 0.258. The van der Waals surface area contributed by atoms with Crippen LogP contribution in [0.4, 0.5) is 23.0 Å². The number of halogens is 1. The second kappa shape index (κ2) is 9.77. The van der Waals surface area contributed by atoms with E-state index in [9.17, 15) is 4.79 Å². The Morgan fingerprint density at radius 3 is 2.63 bits per heavy atom. The minimum Gasteiger partial charge on any atom is -0.378 e.